The molecular weight excluding hydrogens is 508 g/mol. The number of benzene rings is 2. The molecular formula is C32H32N2O6. The van der Waals surface area contributed by atoms with Crippen molar-refractivity contribution in [2.45, 2.75) is 26.7 Å². The van der Waals surface area contributed by atoms with Gasteiger partial charge in [-0.05, 0) is 62.4 Å². The Morgan fingerprint density at radius 3 is 2.48 bits per heavy atom. The fourth-order valence-corrected chi connectivity index (χ4v) is 7.42. The average molecular weight is 541 g/mol. The van der Waals surface area contributed by atoms with E-state index in [0.29, 0.717) is 30.8 Å². The van der Waals surface area contributed by atoms with Gasteiger partial charge in [-0.2, -0.15) is 0 Å². The van der Waals surface area contributed by atoms with Crippen molar-refractivity contribution in [3.63, 3.8) is 0 Å². The van der Waals surface area contributed by atoms with Crippen LogP contribution in [0, 0.1) is 35.0 Å². The summed E-state index contributed by atoms with van der Waals surface area (Å²) in [5.41, 5.74) is 1.15. The van der Waals surface area contributed by atoms with Crippen LogP contribution in [0.4, 0.5) is 5.69 Å². The first kappa shape index (κ1) is 26.0. The SMILES string of the molecule is CCN1C(=O)C2CC=C3C(CC4C(=O)N(c5ccccc5)C(=O)C4(C)C3C=Cc3ccc(O)c(OC)c3)C2C1=O. The maximum absolute atomic E-state index is 14.2. The number of hydrogen-bond donors (Lipinski definition) is 1. The molecule has 3 fully saturated rings. The van der Waals surface area contributed by atoms with Crippen LogP contribution in [0.1, 0.15) is 32.3 Å². The lowest BCUT2D eigenvalue weighted by Gasteiger charge is -2.47. The largest absolute Gasteiger partial charge is 0.504 e. The molecule has 6 rings (SSSR count). The van der Waals surface area contributed by atoms with Gasteiger partial charge in [-0.3, -0.25) is 24.1 Å². The summed E-state index contributed by atoms with van der Waals surface area (Å²) in [7, 11) is 1.48. The van der Waals surface area contributed by atoms with Crippen LogP contribution in [-0.4, -0.2) is 47.3 Å². The lowest BCUT2D eigenvalue weighted by molar-refractivity contribution is -0.140. The lowest BCUT2D eigenvalue weighted by atomic mass is 9.52. The number of phenolic OH excluding ortho intramolecular Hbond substituents is 1. The zero-order chi connectivity index (χ0) is 28.3. The van der Waals surface area contributed by atoms with Gasteiger partial charge in [0.1, 0.15) is 0 Å². The van der Waals surface area contributed by atoms with Gasteiger partial charge in [0, 0.05) is 12.5 Å². The number of nitrogens with zero attached hydrogens (tertiary/aromatic N) is 2. The van der Waals surface area contributed by atoms with Crippen molar-refractivity contribution in [1.82, 2.24) is 4.90 Å². The number of allylic oxidation sites excluding steroid dienone is 3. The number of aromatic hydroxyl groups is 1. The van der Waals surface area contributed by atoms with Crippen LogP contribution in [0.5, 0.6) is 11.5 Å². The second-order valence-electron chi connectivity index (χ2n) is 11.3. The van der Waals surface area contributed by atoms with E-state index < -0.39 is 29.1 Å². The Bertz CT molecular complexity index is 1480. The number of methoxy groups -OCH3 is 1. The zero-order valence-electron chi connectivity index (χ0n) is 22.7. The summed E-state index contributed by atoms with van der Waals surface area (Å²) in [5, 5.41) is 10.0. The highest BCUT2D eigenvalue weighted by Crippen LogP contribution is 2.61. The van der Waals surface area contributed by atoms with E-state index in [-0.39, 0.29) is 35.3 Å². The number of ether oxygens (including phenoxy) is 1. The van der Waals surface area contributed by atoms with Gasteiger partial charge in [-0.1, -0.05) is 48.1 Å². The predicted molar refractivity (Wildman–Crippen MR) is 148 cm³/mol. The van der Waals surface area contributed by atoms with E-state index in [0.717, 1.165) is 11.1 Å². The molecule has 1 saturated carbocycles. The van der Waals surface area contributed by atoms with Crippen molar-refractivity contribution in [2.24, 2.45) is 35.0 Å². The van der Waals surface area contributed by atoms with Gasteiger partial charge in [-0.25, -0.2) is 4.90 Å². The summed E-state index contributed by atoms with van der Waals surface area (Å²) in [6.45, 7) is 3.98. The zero-order valence-corrected chi connectivity index (χ0v) is 22.7. The third-order valence-corrected chi connectivity index (χ3v) is 9.45. The lowest BCUT2D eigenvalue weighted by Crippen LogP contribution is -2.49. The molecule has 0 aromatic heterocycles. The van der Waals surface area contributed by atoms with Crippen LogP contribution in [0.25, 0.3) is 6.08 Å². The van der Waals surface area contributed by atoms with Crippen LogP contribution in [0.2, 0.25) is 0 Å². The van der Waals surface area contributed by atoms with Crippen LogP contribution in [0.3, 0.4) is 0 Å². The van der Waals surface area contributed by atoms with Crippen LogP contribution in [0.15, 0.2) is 66.3 Å². The molecule has 6 atom stereocenters. The van der Waals surface area contributed by atoms with Gasteiger partial charge in [0.2, 0.25) is 23.6 Å². The molecule has 0 bridgehead atoms. The van der Waals surface area contributed by atoms with Gasteiger partial charge in [0.25, 0.3) is 0 Å². The molecule has 4 aliphatic rings. The van der Waals surface area contributed by atoms with E-state index >= 15 is 0 Å². The van der Waals surface area contributed by atoms with Crippen molar-refractivity contribution in [2.75, 3.05) is 18.6 Å². The third-order valence-electron chi connectivity index (χ3n) is 9.45. The second kappa shape index (κ2) is 9.47. The molecule has 4 amide bonds. The Hall–Kier alpha value is -4.20. The summed E-state index contributed by atoms with van der Waals surface area (Å²) >= 11 is 0. The standard InChI is InChI=1S/C32H32N2O6/c1-4-33-28(36)21-13-12-20-22(27(21)30(33)38)17-24-29(37)34(19-8-6-5-7-9-19)31(39)32(24,2)23(20)14-10-18-11-15-25(35)26(16-18)40-3/h5-12,14-16,21-24,27,35H,4,13,17H2,1-3H3. The molecule has 8 heteroatoms. The highest BCUT2D eigenvalue weighted by Gasteiger charge is 2.66. The van der Waals surface area contributed by atoms with E-state index in [1.165, 1.54) is 16.9 Å². The summed E-state index contributed by atoms with van der Waals surface area (Å²) in [6.07, 6.45) is 6.61. The first-order valence-electron chi connectivity index (χ1n) is 13.8. The molecule has 2 aliphatic heterocycles. The molecule has 2 heterocycles. The number of carbonyl (C=O) groups is 4. The van der Waals surface area contributed by atoms with Crippen LogP contribution >= 0.6 is 0 Å². The number of carbonyl (C=O) groups excluding carboxylic acids is 4. The summed E-state index contributed by atoms with van der Waals surface area (Å²) in [4.78, 5) is 57.4. The van der Waals surface area contributed by atoms with E-state index in [1.807, 2.05) is 31.2 Å². The molecule has 6 unspecified atom stereocenters. The molecule has 2 aromatic carbocycles. The number of likely N-dealkylation sites (tertiary alicyclic amines) is 1. The van der Waals surface area contributed by atoms with Gasteiger partial charge in [0.15, 0.2) is 11.5 Å². The fourth-order valence-electron chi connectivity index (χ4n) is 7.42. The number of imide groups is 2. The Kier molecular flexibility index (Phi) is 6.16. The molecule has 0 radical (unpaired) electrons. The molecule has 206 valence electrons. The van der Waals surface area contributed by atoms with E-state index in [9.17, 15) is 24.3 Å². The number of anilines is 1. The minimum absolute atomic E-state index is 0.0189. The quantitative estimate of drug-likeness (QED) is 0.450. The molecule has 8 nitrogen and oxygen atoms in total. The number of para-hydroxylation sites is 1. The molecule has 1 N–H and O–H groups in total. The van der Waals surface area contributed by atoms with Crippen molar-refractivity contribution < 1.29 is 29.0 Å². The molecule has 2 aliphatic carbocycles. The summed E-state index contributed by atoms with van der Waals surface area (Å²) < 4.78 is 5.26. The highest BCUT2D eigenvalue weighted by molar-refractivity contribution is 6.24. The van der Waals surface area contributed by atoms with E-state index in [4.69, 9.17) is 4.74 Å². The Balaban J connectivity index is 1.47. The number of fused-ring (bicyclic) bond motifs is 4. The van der Waals surface area contributed by atoms with Gasteiger partial charge in [0.05, 0.1) is 36.0 Å². The minimum atomic E-state index is -1.07. The monoisotopic (exact) mass is 540 g/mol. The van der Waals surface area contributed by atoms with Crippen LogP contribution in [-0.2, 0) is 19.2 Å². The van der Waals surface area contributed by atoms with Gasteiger partial charge in [-0.15, -0.1) is 0 Å². The maximum Gasteiger partial charge on any atom is 0.241 e. The van der Waals surface area contributed by atoms with Crippen molar-refractivity contribution >= 4 is 35.4 Å². The van der Waals surface area contributed by atoms with Crippen molar-refractivity contribution in [3.8, 4) is 11.5 Å². The smallest absolute Gasteiger partial charge is 0.241 e. The highest BCUT2D eigenvalue weighted by atomic mass is 16.5. The molecule has 0 spiro atoms. The van der Waals surface area contributed by atoms with Gasteiger partial charge >= 0.3 is 0 Å². The molecule has 2 aromatic rings. The Morgan fingerprint density at radius 2 is 1.77 bits per heavy atom. The predicted octanol–water partition coefficient (Wildman–Crippen LogP) is 4.20. The normalized spacial score (nSPS) is 31.4. The Labute approximate surface area is 232 Å². The summed E-state index contributed by atoms with van der Waals surface area (Å²) in [6, 6.07) is 13.9. The third kappa shape index (κ3) is 3.58. The van der Waals surface area contributed by atoms with Crippen molar-refractivity contribution in [1.29, 1.82) is 0 Å². The maximum atomic E-state index is 14.2. The first-order chi connectivity index (χ1) is 19.2. The average Bonchev–Trinajstić information content (AvgIpc) is 3.32. The minimum Gasteiger partial charge on any atom is -0.504 e. The van der Waals surface area contributed by atoms with E-state index in [1.54, 1.807) is 49.4 Å². The van der Waals surface area contributed by atoms with E-state index in [2.05, 4.69) is 0 Å². The number of hydrogen-bond acceptors (Lipinski definition) is 6. The van der Waals surface area contributed by atoms with Crippen LogP contribution < -0.4 is 9.64 Å². The fraction of sp³-hybridized carbons (Fsp3) is 0.375. The topological polar surface area (TPSA) is 104 Å². The molecule has 2 saturated heterocycles. The van der Waals surface area contributed by atoms with Gasteiger partial charge < -0.3 is 9.84 Å². The molecule has 40 heavy (non-hydrogen) atoms. The van der Waals surface area contributed by atoms with Crippen molar-refractivity contribution in [3.05, 3.63) is 71.8 Å². The summed E-state index contributed by atoms with van der Waals surface area (Å²) in [5.74, 6) is -2.93. The second-order valence-corrected chi connectivity index (χ2v) is 11.3. The number of phenols is 1. The number of amides is 4. The first-order valence-corrected chi connectivity index (χ1v) is 13.8. The number of rotatable bonds is 5. The Morgan fingerprint density at radius 1 is 1.02 bits per heavy atom.